The van der Waals surface area contributed by atoms with Crippen LogP contribution in [0.25, 0.3) is 0 Å². The second-order valence-corrected chi connectivity index (χ2v) is 3.71. The molecule has 0 spiro atoms. The largest absolute Gasteiger partial charge is 0.487 e. The van der Waals surface area contributed by atoms with E-state index in [1.807, 2.05) is 0 Å². The Morgan fingerprint density at radius 2 is 2.36 bits per heavy atom. The monoisotopic (exact) mass is 215 g/mol. The van der Waals surface area contributed by atoms with Crippen LogP contribution in [0.2, 0.25) is 5.02 Å². The molecule has 2 nitrogen and oxygen atoms in total. The maximum atomic E-state index is 12.7. The van der Waals surface area contributed by atoms with Crippen LogP contribution in [-0.4, -0.2) is 19.2 Å². The van der Waals surface area contributed by atoms with Gasteiger partial charge in [-0.05, 0) is 31.2 Å². The zero-order valence-electron chi connectivity index (χ0n) is 7.59. The van der Waals surface area contributed by atoms with E-state index in [4.69, 9.17) is 16.3 Å². The molecule has 1 fully saturated rings. The smallest absolute Gasteiger partial charge is 0.138 e. The molecule has 4 heteroatoms. The van der Waals surface area contributed by atoms with Gasteiger partial charge >= 0.3 is 0 Å². The first-order chi connectivity index (χ1) is 6.75. The predicted octanol–water partition coefficient (Wildman–Crippen LogP) is 2.22. The van der Waals surface area contributed by atoms with E-state index in [2.05, 4.69) is 5.32 Å². The van der Waals surface area contributed by atoms with Gasteiger partial charge < -0.3 is 10.1 Å². The summed E-state index contributed by atoms with van der Waals surface area (Å²) in [4.78, 5) is 0. The lowest BCUT2D eigenvalue weighted by molar-refractivity contribution is 0.223. The van der Waals surface area contributed by atoms with Crippen LogP contribution in [0.15, 0.2) is 18.2 Å². The summed E-state index contributed by atoms with van der Waals surface area (Å²) in [5, 5.41) is 3.51. The Labute approximate surface area is 87.0 Å². The van der Waals surface area contributed by atoms with Gasteiger partial charge in [-0.3, -0.25) is 0 Å². The highest BCUT2D eigenvalue weighted by Crippen LogP contribution is 2.26. The molecule has 2 rings (SSSR count). The molecule has 1 atom stereocenters. The molecule has 0 amide bonds. The Kier molecular flexibility index (Phi) is 2.89. The average Bonchev–Trinajstić information content (AvgIpc) is 2.62. The van der Waals surface area contributed by atoms with Gasteiger partial charge in [-0.1, -0.05) is 11.6 Å². The van der Waals surface area contributed by atoms with Crippen molar-refractivity contribution in [1.29, 1.82) is 0 Å². The first-order valence-corrected chi connectivity index (χ1v) is 4.96. The van der Waals surface area contributed by atoms with Crippen LogP contribution in [0.3, 0.4) is 0 Å². The van der Waals surface area contributed by atoms with Gasteiger partial charge in [0.05, 0.1) is 5.02 Å². The van der Waals surface area contributed by atoms with Crippen molar-refractivity contribution in [3.05, 3.63) is 29.0 Å². The Morgan fingerprint density at radius 1 is 1.50 bits per heavy atom. The van der Waals surface area contributed by atoms with Crippen molar-refractivity contribution in [2.75, 3.05) is 13.1 Å². The SMILES string of the molecule is Fc1ccc(O[C@H]2CCNC2)c(Cl)c1. The fourth-order valence-corrected chi connectivity index (χ4v) is 1.69. The highest BCUT2D eigenvalue weighted by Gasteiger charge is 2.17. The summed E-state index contributed by atoms with van der Waals surface area (Å²) in [5.41, 5.74) is 0. The molecule has 1 N–H and O–H groups in total. The quantitative estimate of drug-likeness (QED) is 0.817. The molecule has 76 valence electrons. The predicted molar refractivity (Wildman–Crippen MR) is 53.3 cm³/mol. The van der Waals surface area contributed by atoms with Gasteiger partial charge in [-0.2, -0.15) is 0 Å². The van der Waals surface area contributed by atoms with Gasteiger partial charge in [0.15, 0.2) is 0 Å². The van der Waals surface area contributed by atoms with Crippen LogP contribution in [0, 0.1) is 5.82 Å². The van der Waals surface area contributed by atoms with E-state index in [0.717, 1.165) is 19.5 Å². The lowest BCUT2D eigenvalue weighted by Gasteiger charge is -2.13. The van der Waals surface area contributed by atoms with Crippen molar-refractivity contribution >= 4 is 11.6 Å². The summed E-state index contributed by atoms with van der Waals surface area (Å²) >= 11 is 5.82. The molecular formula is C10H11ClFNO. The molecule has 0 saturated carbocycles. The first kappa shape index (κ1) is 9.74. The van der Waals surface area contributed by atoms with Crippen molar-refractivity contribution in [2.24, 2.45) is 0 Å². The molecule has 1 heterocycles. The zero-order chi connectivity index (χ0) is 9.97. The fourth-order valence-electron chi connectivity index (χ4n) is 1.48. The van der Waals surface area contributed by atoms with Crippen LogP contribution in [0.1, 0.15) is 6.42 Å². The molecular weight excluding hydrogens is 205 g/mol. The highest BCUT2D eigenvalue weighted by molar-refractivity contribution is 6.32. The third kappa shape index (κ3) is 2.16. The second kappa shape index (κ2) is 4.15. The van der Waals surface area contributed by atoms with Gasteiger partial charge in [0.1, 0.15) is 17.7 Å². The summed E-state index contributed by atoms with van der Waals surface area (Å²) in [5.74, 6) is 0.216. The molecule has 1 aromatic rings. The minimum absolute atomic E-state index is 0.151. The molecule has 1 saturated heterocycles. The summed E-state index contributed by atoms with van der Waals surface area (Å²) in [6.07, 6.45) is 1.12. The third-order valence-corrected chi connectivity index (χ3v) is 2.50. The molecule has 14 heavy (non-hydrogen) atoms. The van der Waals surface area contributed by atoms with E-state index in [1.165, 1.54) is 12.1 Å². The van der Waals surface area contributed by atoms with Crippen molar-refractivity contribution < 1.29 is 9.13 Å². The third-order valence-electron chi connectivity index (χ3n) is 2.20. The summed E-state index contributed by atoms with van der Waals surface area (Å²) in [6.45, 7) is 1.79. The first-order valence-electron chi connectivity index (χ1n) is 4.58. The van der Waals surface area contributed by atoms with Crippen molar-refractivity contribution in [1.82, 2.24) is 5.32 Å². The Bertz CT molecular complexity index is 326. The molecule has 0 radical (unpaired) electrons. The number of nitrogens with one attached hydrogen (secondary N) is 1. The fraction of sp³-hybridized carbons (Fsp3) is 0.400. The normalized spacial score (nSPS) is 21.1. The van der Waals surface area contributed by atoms with Crippen molar-refractivity contribution in [3.63, 3.8) is 0 Å². The Hall–Kier alpha value is -0.800. The average molecular weight is 216 g/mol. The van der Waals surface area contributed by atoms with E-state index in [1.54, 1.807) is 6.07 Å². The van der Waals surface area contributed by atoms with Gasteiger partial charge in [-0.25, -0.2) is 4.39 Å². The van der Waals surface area contributed by atoms with E-state index < -0.39 is 0 Å². The summed E-state index contributed by atoms with van der Waals surface area (Å²) < 4.78 is 18.3. The van der Waals surface area contributed by atoms with Crippen LogP contribution < -0.4 is 10.1 Å². The summed E-state index contributed by atoms with van der Waals surface area (Å²) in [6, 6.07) is 4.18. The summed E-state index contributed by atoms with van der Waals surface area (Å²) in [7, 11) is 0. The van der Waals surface area contributed by atoms with Crippen LogP contribution in [-0.2, 0) is 0 Å². The lowest BCUT2D eigenvalue weighted by atomic mass is 10.3. The molecule has 1 aromatic carbocycles. The molecule has 0 aliphatic carbocycles. The van der Waals surface area contributed by atoms with E-state index >= 15 is 0 Å². The van der Waals surface area contributed by atoms with E-state index in [-0.39, 0.29) is 11.9 Å². The standard InChI is InChI=1S/C10H11ClFNO/c11-9-5-7(12)1-2-10(9)14-8-3-4-13-6-8/h1-2,5,8,13H,3-4,6H2/t8-/m0/s1. The Morgan fingerprint density at radius 3 is 3.00 bits per heavy atom. The van der Waals surface area contributed by atoms with Gasteiger partial charge in [0, 0.05) is 6.54 Å². The molecule has 0 aromatic heterocycles. The molecule has 1 aliphatic heterocycles. The topological polar surface area (TPSA) is 21.3 Å². The molecule has 1 aliphatic rings. The van der Waals surface area contributed by atoms with Crippen molar-refractivity contribution in [2.45, 2.75) is 12.5 Å². The minimum Gasteiger partial charge on any atom is -0.487 e. The van der Waals surface area contributed by atoms with E-state index in [9.17, 15) is 4.39 Å². The molecule has 0 unspecified atom stereocenters. The number of rotatable bonds is 2. The number of hydrogen-bond donors (Lipinski definition) is 1. The van der Waals surface area contributed by atoms with E-state index in [0.29, 0.717) is 10.8 Å². The van der Waals surface area contributed by atoms with Gasteiger partial charge in [0.25, 0.3) is 0 Å². The van der Waals surface area contributed by atoms with Crippen LogP contribution in [0.4, 0.5) is 4.39 Å². The number of halogens is 2. The maximum absolute atomic E-state index is 12.7. The van der Waals surface area contributed by atoms with Crippen LogP contribution >= 0.6 is 11.6 Å². The Balaban J connectivity index is 2.08. The maximum Gasteiger partial charge on any atom is 0.138 e. The van der Waals surface area contributed by atoms with Gasteiger partial charge in [-0.15, -0.1) is 0 Å². The minimum atomic E-state index is -0.341. The zero-order valence-corrected chi connectivity index (χ0v) is 8.35. The second-order valence-electron chi connectivity index (χ2n) is 3.31. The van der Waals surface area contributed by atoms with Crippen LogP contribution in [0.5, 0.6) is 5.75 Å². The number of benzene rings is 1. The highest BCUT2D eigenvalue weighted by atomic mass is 35.5. The number of ether oxygens (including phenoxy) is 1. The number of hydrogen-bond acceptors (Lipinski definition) is 2. The van der Waals surface area contributed by atoms with Crippen molar-refractivity contribution in [3.8, 4) is 5.75 Å². The lowest BCUT2D eigenvalue weighted by Crippen LogP contribution is -2.19. The van der Waals surface area contributed by atoms with Gasteiger partial charge in [0.2, 0.25) is 0 Å². The molecule has 0 bridgehead atoms.